The van der Waals surface area contributed by atoms with Gasteiger partial charge in [-0.1, -0.05) is 20.8 Å². The first-order valence-corrected chi connectivity index (χ1v) is 11.3. The van der Waals surface area contributed by atoms with Crippen LogP contribution in [0.1, 0.15) is 66.7 Å². The Bertz CT molecular complexity index is 593. The van der Waals surface area contributed by atoms with Crippen molar-refractivity contribution in [3.05, 3.63) is 0 Å². The predicted molar refractivity (Wildman–Crippen MR) is 103 cm³/mol. The van der Waals surface area contributed by atoms with Crippen LogP contribution in [0.2, 0.25) is 0 Å². The third kappa shape index (κ3) is 3.79. The van der Waals surface area contributed by atoms with E-state index in [1.165, 1.54) is 13.5 Å². The molecule has 2 fully saturated rings. The molecule has 0 spiro atoms. The normalized spacial score (nSPS) is 29.9. The van der Waals surface area contributed by atoms with Crippen LogP contribution in [0.25, 0.3) is 0 Å². The minimum atomic E-state index is -3.44. The van der Waals surface area contributed by atoms with Crippen LogP contribution < -0.4 is 0 Å². The molecule has 2 bridgehead atoms. The second-order valence-corrected chi connectivity index (χ2v) is 10.2. The fraction of sp³-hybridized carbons (Fsp3) is 0.895. The van der Waals surface area contributed by atoms with Crippen molar-refractivity contribution in [1.82, 2.24) is 0 Å². The van der Waals surface area contributed by atoms with E-state index in [0.29, 0.717) is 12.3 Å². The largest absolute Gasteiger partial charge is 0.469 e. The maximum atomic E-state index is 13.4. The number of hydrogen-bond donors (Lipinski definition) is 0. The van der Waals surface area contributed by atoms with Crippen molar-refractivity contribution < 1.29 is 23.1 Å². The third-order valence-electron chi connectivity index (χ3n) is 6.63. The SMILES string of the molecule is CCOP(=O)(OCC)[C@@H](CCC(=O)OC)N=C1C[C@H]2CC[C@]1(C)C2(C)C. The Hall–Kier alpha value is -0.710. The number of aliphatic imine (C=N–C) groups is 1. The van der Waals surface area contributed by atoms with Crippen molar-refractivity contribution in [1.29, 1.82) is 0 Å². The molecule has 0 heterocycles. The van der Waals surface area contributed by atoms with Gasteiger partial charge in [0, 0.05) is 17.5 Å². The van der Waals surface area contributed by atoms with Crippen molar-refractivity contribution in [2.45, 2.75) is 72.5 Å². The van der Waals surface area contributed by atoms with E-state index in [9.17, 15) is 9.36 Å². The van der Waals surface area contributed by atoms with Crippen molar-refractivity contribution in [3.8, 4) is 0 Å². The Labute approximate surface area is 157 Å². The lowest BCUT2D eigenvalue weighted by atomic mass is 9.70. The van der Waals surface area contributed by atoms with Crippen molar-refractivity contribution in [2.24, 2.45) is 21.7 Å². The van der Waals surface area contributed by atoms with Crippen LogP contribution in [0, 0.1) is 16.7 Å². The number of methoxy groups -OCH3 is 1. The topological polar surface area (TPSA) is 74.2 Å². The predicted octanol–water partition coefficient (Wildman–Crippen LogP) is 4.82. The first-order valence-electron chi connectivity index (χ1n) is 9.67. The number of fused-ring (bicyclic) bond motifs is 2. The summed E-state index contributed by atoms with van der Waals surface area (Å²) in [4.78, 5) is 16.6. The van der Waals surface area contributed by atoms with Gasteiger partial charge >= 0.3 is 13.6 Å². The van der Waals surface area contributed by atoms with Gasteiger partial charge in [0.1, 0.15) is 0 Å². The Kier molecular flexibility index (Phi) is 6.74. The molecule has 0 aliphatic heterocycles. The first kappa shape index (κ1) is 21.6. The number of nitrogens with zero attached hydrogens (tertiary/aromatic N) is 1. The Balaban J connectivity index is 2.35. The Morgan fingerprint density at radius 2 is 1.88 bits per heavy atom. The maximum Gasteiger partial charge on any atom is 0.354 e. The van der Waals surface area contributed by atoms with Crippen LogP contribution in [0.4, 0.5) is 0 Å². The standard InChI is InChI=1S/C19H34NO5P/c1-7-24-26(22,25-8-2)16(9-10-17(21)23-6)20-15-13-14-11-12-19(15,5)18(14,3)4/h14,16H,7-13H2,1-6H3/t14-,16+,19+/m1/s1. The molecule has 6 nitrogen and oxygen atoms in total. The number of rotatable bonds is 9. The molecule has 0 saturated heterocycles. The summed E-state index contributed by atoms with van der Waals surface area (Å²) in [7, 11) is -2.08. The van der Waals surface area contributed by atoms with E-state index in [1.807, 2.05) is 0 Å². The van der Waals surface area contributed by atoms with Crippen LogP contribution in [0.15, 0.2) is 4.99 Å². The molecule has 0 radical (unpaired) electrons. The summed E-state index contributed by atoms with van der Waals surface area (Å²) in [6, 6.07) is 0. The smallest absolute Gasteiger partial charge is 0.354 e. The van der Waals surface area contributed by atoms with E-state index in [-0.39, 0.29) is 36.4 Å². The second-order valence-electron chi connectivity index (χ2n) is 8.04. The average molecular weight is 387 g/mol. The van der Waals surface area contributed by atoms with Gasteiger partial charge in [-0.2, -0.15) is 0 Å². The molecule has 0 aromatic carbocycles. The van der Waals surface area contributed by atoms with Gasteiger partial charge in [-0.25, -0.2) is 0 Å². The molecule has 0 unspecified atom stereocenters. The Morgan fingerprint density at radius 1 is 1.27 bits per heavy atom. The van der Waals surface area contributed by atoms with E-state index < -0.39 is 13.4 Å². The molecule has 150 valence electrons. The molecule has 0 N–H and O–H groups in total. The molecule has 2 saturated carbocycles. The highest BCUT2D eigenvalue weighted by molar-refractivity contribution is 7.54. The summed E-state index contributed by atoms with van der Waals surface area (Å²) in [5.74, 6) is -0.399. The van der Waals surface area contributed by atoms with E-state index in [4.69, 9.17) is 18.8 Å². The van der Waals surface area contributed by atoms with Gasteiger partial charge < -0.3 is 13.8 Å². The van der Waals surface area contributed by atoms with E-state index in [0.717, 1.165) is 18.6 Å². The minimum Gasteiger partial charge on any atom is -0.469 e. The van der Waals surface area contributed by atoms with Crippen LogP contribution in [0.5, 0.6) is 0 Å². The number of hydrogen-bond acceptors (Lipinski definition) is 6. The first-order chi connectivity index (χ1) is 12.1. The minimum absolute atomic E-state index is 0.00441. The zero-order valence-electron chi connectivity index (χ0n) is 17.0. The van der Waals surface area contributed by atoms with E-state index >= 15 is 0 Å². The molecular formula is C19H34NO5P. The highest BCUT2D eigenvalue weighted by atomic mass is 31.2. The van der Waals surface area contributed by atoms with Gasteiger partial charge in [0.2, 0.25) is 0 Å². The van der Waals surface area contributed by atoms with Gasteiger partial charge in [0.05, 0.1) is 20.3 Å². The quantitative estimate of drug-likeness (QED) is 0.419. The second kappa shape index (κ2) is 8.12. The maximum absolute atomic E-state index is 13.4. The van der Waals surface area contributed by atoms with Gasteiger partial charge in [-0.05, 0) is 50.9 Å². The number of esters is 1. The molecular weight excluding hydrogens is 353 g/mol. The molecule has 0 aromatic heterocycles. The fourth-order valence-corrected chi connectivity index (χ4v) is 6.38. The molecule has 2 aliphatic carbocycles. The third-order valence-corrected chi connectivity index (χ3v) is 8.97. The molecule has 0 aromatic rings. The summed E-state index contributed by atoms with van der Waals surface area (Å²) in [5.41, 5.74) is 1.29. The van der Waals surface area contributed by atoms with Gasteiger partial charge in [0.25, 0.3) is 0 Å². The molecule has 0 amide bonds. The van der Waals surface area contributed by atoms with Gasteiger partial charge in [-0.15, -0.1) is 0 Å². The van der Waals surface area contributed by atoms with Crippen LogP contribution in [0.3, 0.4) is 0 Å². The molecule has 2 aliphatic rings. The lowest BCUT2D eigenvalue weighted by Gasteiger charge is -2.35. The van der Waals surface area contributed by atoms with Crippen molar-refractivity contribution in [2.75, 3.05) is 20.3 Å². The van der Waals surface area contributed by atoms with Gasteiger partial charge in [-0.3, -0.25) is 14.4 Å². The summed E-state index contributed by atoms with van der Waals surface area (Å²) in [5, 5.41) is 0. The Morgan fingerprint density at radius 3 is 2.31 bits per heavy atom. The van der Waals surface area contributed by atoms with E-state index in [1.54, 1.807) is 13.8 Å². The van der Waals surface area contributed by atoms with E-state index in [2.05, 4.69) is 20.8 Å². The highest BCUT2D eigenvalue weighted by Crippen LogP contribution is 2.65. The lowest BCUT2D eigenvalue weighted by Crippen LogP contribution is -2.33. The molecule has 7 heteroatoms. The fourth-order valence-electron chi connectivity index (χ4n) is 4.52. The average Bonchev–Trinajstić information content (AvgIpc) is 2.91. The molecule has 3 atom stereocenters. The molecule has 2 rings (SSSR count). The van der Waals surface area contributed by atoms with Crippen LogP contribution >= 0.6 is 7.60 Å². The zero-order valence-corrected chi connectivity index (χ0v) is 17.9. The summed E-state index contributed by atoms with van der Waals surface area (Å²) >= 11 is 0. The molecule has 26 heavy (non-hydrogen) atoms. The number of ether oxygens (including phenoxy) is 1. The monoisotopic (exact) mass is 387 g/mol. The van der Waals surface area contributed by atoms with Crippen molar-refractivity contribution in [3.63, 3.8) is 0 Å². The number of carbonyl (C=O) groups is 1. The van der Waals surface area contributed by atoms with Crippen LogP contribution in [-0.4, -0.2) is 37.8 Å². The van der Waals surface area contributed by atoms with Crippen LogP contribution in [-0.2, 0) is 23.1 Å². The number of carbonyl (C=O) groups excluding carboxylic acids is 1. The summed E-state index contributed by atoms with van der Waals surface area (Å²) < 4.78 is 29.2. The lowest BCUT2D eigenvalue weighted by molar-refractivity contribution is -0.140. The highest BCUT2D eigenvalue weighted by Gasteiger charge is 2.60. The zero-order chi connectivity index (χ0) is 19.6. The summed E-state index contributed by atoms with van der Waals surface area (Å²) in [6.07, 6.45) is 3.68. The van der Waals surface area contributed by atoms with Crippen molar-refractivity contribution >= 4 is 19.3 Å². The summed E-state index contributed by atoms with van der Waals surface area (Å²) in [6.45, 7) is 11.0. The van der Waals surface area contributed by atoms with Gasteiger partial charge in [0.15, 0.2) is 5.78 Å².